The van der Waals surface area contributed by atoms with E-state index in [0.29, 0.717) is 0 Å². The highest BCUT2D eigenvalue weighted by atomic mass is 14.7. The van der Waals surface area contributed by atoms with Gasteiger partial charge in [0.25, 0.3) is 0 Å². The van der Waals surface area contributed by atoms with Crippen molar-refractivity contribution >= 4 is 11.8 Å². The molecule has 0 saturated heterocycles. The quantitative estimate of drug-likeness (QED) is 0.615. The van der Waals surface area contributed by atoms with E-state index >= 15 is 0 Å². The molecule has 1 heteroatoms. The average molecular weight is 171 g/mol. The van der Waals surface area contributed by atoms with Crippen molar-refractivity contribution in [2.24, 2.45) is 4.99 Å². The Morgan fingerprint density at radius 3 is 2.31 bits per heavy atom. The molecule has 0 bridgehead atoms. The molecule has 0 amide bonds. The zero-order chi connectivity index (χ0) is 9.26. The molecule has 0 fully saturated rings. The Hall–Kier alpha value is -1.37. The van der Waals surface area contributed by atoms with Gasteiger partial charge in [-0.25, -0.2) is 0 Å². The zero-order valence-corrected chi connectivity index (χ0v) is 8.04. The van der Waals surface area contributed by atoms with E-state index in [1.165, 1.54) is 16.7 Å². The third-order valence-corrected chi connectivity index (χ3v) is 2.42. The van der Waals surface area contributed by atoms with Crippen molar-refractivity contribution in [3.05, 3.63) is 41.1 Å². The summed E-state index contributed by atoms with van der Waals surface area (Å²) >= 11 is 0. The summed E-state index contributed by atoms with van der Waals surface area (Å²) in [4.78, 5) is 4.27. The Morgan fingerprint density at radius 2 is 1.77 bits per heavy atom. The molecule has 1 aromatic rings. The Labute approximate surface area is 78.8 Å². The van der Waals surface area contributed by atoms with Crippen LogP contribution in [0.25, 0.3) is 5.57 Å². The second-order valence-corrected chi connectivity index (χ2v) is 3.45. The fourth-order valence-electron chi connectivity index (χ4n) is 1.58. The van der Waals surface area contributed by atoms with E-state index in [1.54, 1.807) is 0 Å². The summed E-state index contributed by atoms with van der Waals surface area (Å²) in [5.41, 5.74) is 5.13. The van der Waals surface area contributed by atoms with Gasteiger partial charge in [-0.1, -0.05) is 29.8 Å². The maximum atomic E-state index is 4.27. The van der Waals surface area contributed by atoms with Crippen LogP contribution in [0.4, 0.5) is 0 Å². The topological polar surface area (TPSA) is 12.4 Å². The molecule has 1 nitrogen and oxygen atoms in total. The lowest BCUT2D eigenvalue weighted by Crippen LogP contribution is -1.84. The number of allylic oxidation sites excluding steroid dienone is 2. The number of rotatable bonds is 1. The smallest absolute Gasteiger partial charge is 0.0410 e. The summed E-state index contributed by atoms with van der Waals surface area (Å²) in [6.45, 7) is 4.18. The SMILES string of the molecule is CC1=C(c2ccc(C)cc2)CC=N1. The van der Waals surface area contributed by atoms with Crippen LogP contribution in [0.5, 0.6) is 0 Å². The van der Waals surface area contributed by atoms with Gasteiger partial charge >= 0.3 is 0 Å². The summed E-state index contributed by atoms with van der Waals surface area (Å²) in [7, 11) is 0. The normalized spacial score (nSPS) is 15.5. The Kier molecular flexibility index (Phi) is 2.01. The monoisotopic (exact) mass is 171 g/mol. The van der Waals surface area contributed by atoms with Crippen LogP contribution in [0, 0.1) is 6.92 Å². The highest BCUT2D eigenvalue weighted by Gasteiger charge is 2.08. The molecule has 1 aliphatic heterocycles. The zero-order valence-electron chi connectivity index (χ0n) is 8.04. The van der Waals surface area contributed by atoms with Crippen LogP contribution in [-0.4, -0.2) is 6.21 Å². The van der Waals surface area contributed by atoms with Gasteiger partial charge in [0.05, 0.1) is 0 Å². The van der Waals surface area contributed by atoms with Gasteiger partial charge in [-0.05, 0) is 25.0 Å². The van der Waals surface area contributed by atoms with Crippen molar-refractivity contribution in [2.75, 3.05) is 0 Å². The first-order chi connectivity index (χ1) is 6.27. The molecule has 1 aliphatic rings. The van der Waals surface area contributed by atoms with Crippen LogP contribution in [-0.2, 0) is 0 Å². The van der Waals surface area contributed by atoms with Gasteiger partial charge in [0, 0.05) is 18.3 Å². The van der Waals surface area contributed by atoms with Crippen LogP contribution in [0.1, 0.15) is 24.5 Å². The van der Waals surface area contributed by atoms with E-state index in [1.807, 2.05) is 6.21 Å². The number of hydrogen-bond donors (Lipinski definition) is 0. The van der Waals surface area contributed by atoms with Crippen molar-refractivity contribution in [1.82, 2.24) is 0 Å². The molecule has 0 aliphatic carbocycles. The van der Waals surface area contributed by atoms with Gasteiger partial charge in [0.15, 0.2) is 0 Å². The molecule has 1 heterocycles. The number of aliphatic imine (C=N–C) groups is 1. The minimum atomic E-state index is 0.981. The van der Waals surface area contributed by atoms with E-state index in [2.05, 4.69) is 43.1 Å². The fraction of sp³-hybridized carbons (Fsp3) is 0.250. The summed E-state index contributed by atoms with van der Waals surface area (Å²) < 4.78 is 0. The van der Waals surface area contributed by atoms with E-state index in [4.69, 9.17) is 0 Å². The van der Waals surface area contributed by atoms with Crippen LogP contribution >= 0.6 is 0 Å². The molecule has 0 aromatic heterocycles. The molecular formula is C12H13N. The molecule has 1 aromatic carbocycles. The lowest BCUT2D eigenvalue weighted by atomic mass is 10.0. The summed E-state index contributed by atoms with van der Waals surface area (Å²) in [6, 6.07) is 8.63. The van der Waals surface area contributed by atoms with Crippen LogP contribution in [0.3, 0.4) is 0 Å². The summed E-state index contributed by atoms with van der Waals surface area (Å²) in [5, 5.41) is 0. The third-order valence-electron chi connectivity index (χ3n) is 2.42. The lowest BCUT2D eigenvalue weighted by Gasteiger charge is -2.03. The first-order valence-corrected chi connectivity index (χ1v) is 4.56. The van der Waals surface area contributed by atoms with E-state index in [9.17, 15) is 0 Å². The second-order valence-electron chi connectivity index (χ2n) is 3.45. The minimum Gasteiger partial charge on any atom is -0.265 e. The van der Waals surface area contributed by atoms with Gasteiger partial charge in [0.1, 0.15) is 0 Å². The van der Waals surface area contributed by atoms with Gasteiger partial charge in [-0.3, -0.25) is 4.99 Å². The molecule has 0 saturated carbocycles. The molecule has 0 atom stereocenters. The predicted octanol–water partition coefficient (Wildman–Crippen LogP) is 3.20. The maximum absolute atomic E-state index is 4.27. The Balaban J connectivity index is 2.37. The largest absolute Gasteiger partial charge is 0.265 e. The molecule has 0 radical (unpaired) electrons. The standard InChI is InChI=1S/C12H13N/c1-9-3-5-11(6-4-9)12-7-8-13-10(12)2/h3-6,8H,7H2,1-2H3. The summed E-state index contributed by atoms with van der Waals surface area (Å²) in [6.07, 6.45) is 2.96. The van der Waals surface area contributed by atoms with Gasteiger partial charge in [0.2, 0.25) is 0 Å². The summed E-state index contributed by atoms with van der Waals surface area (Å²) in [5.74, 6) is 0. The molecule has 0 unspecified atom stereocenters. The van der Waals surface area contributed by atoms with Crippen molar-refractivity contribution in [2.45, 2.75) is 20.3 Å². The highest BCUT2D eigenvalue weighted by molar-refractivity contribution is 5.86. The van der Waals surface area contributed by atoms with Crippen LogP contribution in [0.2, 0.25) is 0 Å². The number of aryl methyl sites for hydroxylation is 1. The highest BCUT2D eigenvalue weighted by Crippen LogP contribution is 2.26. The number of hydrogen-bond acceptors (Lipinski definition) is 1. The van der Waals surface area contributed by atoms with Crippen molar-refractivity contribution in [3.8, 4) is 0 Å². The van der Waals surface area contributed by atoms with Crippen molar-refractivity contribution in [3.63, 3.8) is 0 Å². The molecule has 13 heavy (non-hydrogen) atoms. The van der Waals surface area contributed by atoms with Gasteiger partial charge < -0.3 is 0 Å². The Bertz CT molecular complexity index is 369. The fourth-order valence-corrected chi connectivity index (χ4v) is 1.58. The van der Waals surface area contributed by atoms with Crippen molar-refractivity contribution in [1.29, 1.82) is 0 Å². The van der Waals surface area contributed by atoms with Crippen LogP contribution in [0.15, 0.2) is 35.0 Å². The minimum absolute atomic E-state index is 0.981. The van der Waals surface area contributed by atoms with E-state index < -0.39 is 0 Å². The molecule has 0 N–H and O–H groups in total. The van der Waals surface area contributed by atoms with Gasteiger partial charge in [-0.2, -0.15) is 0 Å². The molecule has 66 valence electrons. The second kappa shape index (κ2) is 3.17. The van der Waals surface area contributed by atoms with Gasteiger partial charge in [-0.15, -0.1) is 0 Å². The lowest BCUT2D eigenvalue weighted by molar-refractivity contribution is 1.33. The Morgan fingerprint density at radius 1 is 1.08 bits per heavy atom. The molecule has 2 rings (SSSR count). The molecular weight excluding hydrogens is 158 g/mol. The van der Waals surface area contributed by atoms with Crippen LogP contribution < -0.4 is 0 Å². The number of nitrogens with zero attached hydrogens (tertiary/aromatic N) is 1. The third kappa shape index (κ3) is 1.55. The maximum Gasteiger partial charge on any atom is 0.0410 e. The number of benzene rings is 1. The first kappa shape index (κ1) is 8.24. The van der Waals surface area contributed by atoms with E-state index in [0.717, 1.165) is 12.1 Å². The molecule has 0 spiro atoms. The van der Waals surface area contributed by atoms with Crippen molar-refractivity contribution < 1.29 is 0 Å². The van der Waals surface area contributed by atoms with E-state index in [-0.39, 0.29) is 0 Å². The predicted molar refractivity (Wildman–Crippen MR) is 56.9 cm³/mol. The average Bonchev–Trinajstić information content (AvgIpc) is 2.53. The first-order valence-electron chi connectivity index (χ1n) is 4.56.